The van der Waals surface area contributed by atoms with Crippen molar-refractivity contribution in [3.05, 3.63) is 33.6 Å². The van der Waals surface area contributed by atoms with E-state index in [4.69, 9.17) is 5.73 Å². The lowest BCUT2D eigenvalue weighted by atomic mass is 10.1. The molecule has 0 bridgehead atoms. The molecule has 19 heavy (non-hydrogen) atoms. The predicted octanol–water partition coefficient (Wildman–Crippen LogP) is 2.24. The van der Waals surface area contributed by atoms with Gasteiger partial charge in [0.15, 0.2) is 5.82 Å². The molecule has 1 rings (SSSR count). The van der Waals surface area contributed by atoms with Crippen LogP contribution >= 0.6 is 0 Å². The molecule has 1 aromatic rings. The molecule has 104 valence electrons. The second-order valence-corrected chi connectivity index (χ2v) is 4.11. The molecule has 0 spiro atoms. The smallest absolute Gasteiger partial charge is 0.285 e. The van der Waals surface area contributed by atoms with Crippen LogP contribution in [0.15, 0.2) is 12.1 Å². The maximum atomic E-state index is 13.2. The van der Waals surface area contributed by atoms with E-state index in [1.807, 2.05) is 6.92 Å². The van der Waals surface area contributed by atoms with Crippen LogP contribution in [0.5, 0.6) is 0 Å². The van der Waals surface area contributed by atoms with Crippen molar-refractivity contribution >= 4 is 17.3 Å². The summed E-state index contributed by atoms with van der Waals surface area (Å²) >= 11 is 0. The summed E-state index contributed by atoms with van der Waals surface area (Å²) in [5.74, 6) is -1.52. The Hall–Kier alpha value is -2.18. The van der Waals surface area contributed by atoms with Gasteiger partial charge in [0.05, 0.1) is 16.7 Å². The molecular formula is C12H16FN3O3. The van der Waals surface area contributed by atoms with Gasteiger partial charge in [0, 0.05) is 6.54 Å². The zero-order chi connectivity index (χ0) is 14.4. The van der Waals surface area contributed by atoms with Crippen LogP contribution in [0.2, 0.25) is 0 Å². The maximum absolute atomic E-state index is 13.2. The number of nitrogens with one attached hydrogen (secondary N) is 1. The number of nitrogens with zero attached hydrogens (tertiary/aromatic N) is 1. The summed E-state index contributed by atoms with van der Waals surface area (Å²) in [6.45, 7) is 2.44. The molecule has 0 heterocycles. The van der Waals surface area contributed by atoms with Crippen molar-refractivity contribution in [2.75, 3.05) is 12.3 Å². The summed E-state index contributed by atoms with van der Waals surface area (Å²) < 4.78 is 13.2. The average molecular weight is 269 g/mol. The molecule has 0 fully saturated rings. The molecule has 0 atom stereocenters. The SMILES string of the molecule is CCCCCNC(=O)c1cc(N)c(F)cc1[N+](=O)[O-]. The number of unbranched alkanes of at least 4 members (excludes halogenated alkanes) is 2. The molecule has 0 aliphatic carbocycles. The first kappa shape index (κ1) is 14.9. The lowest BCUT2D eigenvalue weighted by Crippen LogP contribution is -2.25. The van der Waals surface area contributed by atoms with Crippen molar-refractivity contribution in [1.29, 1.82) is 0 Å². The van der Waals surface area contributed by atoms with Crippen LogP contribution < -0.4 is 11.1 Å². The second kappa shape index (κ2) is 6.67. The van der Waals surface area contributed by atoms with Crippen LogP contribution in [0.4, 0.5) is 15.8 Å². The molecular weight excluding hydrogens is 253 g/mol. The first-order chi connectivity index (χ1) is 8.97. The monoisotopic (exact) mass is 269 g/mol. The highest BCUT2D eigenvalue weighted by molar-refractivity contribution is 5.99. The third kappa shape index (κ3) is 3.90. The standard InChI is InChI=1S/C12H16FN3O3/c1-2-3-4-5-15-12(17)8-6-10(14)9(13)7-11(8)16(18)19/h6-7H,2-5,14H2,1H3,(H,15,17). The van der Waals surface area contributed by atoms with Gasteiger partial charge in [0.25, 0.3) is 11.6 Å². The number of rotatable bonds is 6. The van der Waals surface area contributed by atoms with E-state index >= 15 is 0 Å². The zero-order valence-corrected chi connectivity index (χ0v) is 10.6. The Labute approximate surface area is 109 Å². The molecule has 7 heteroatoms. The van der Waals surface area contributed by atoms with Crippen molar-refractivity contribution in [2.45, 2.75) is 26.2 Å². The molecule has 0 aliphatic rings. The first-order valence-corrected chi connectivity index (χ1v) is 5.99. The number of halogens is 1. The molecule has 0 aliphatic heterocycles. The topological polar surface area (TPSA) is 98.3 Å². The summed E-state index contributed by atoms with van der Waals surface area (Å²) in [4.78, 5) is 21.8. The van der Waals surface area contributed by atoms with E-state index in [1.165, 1.54) is 0 Å². The number of benzene rings is 1. The number of carbonyl (C=O) groups excluding carboxylic acids is 1. The fourth-order valence-electron chi connectivity index (χ4n) is 1.58. The van der Waals surface area contributed by atoms with Crippen molar-refractivity contribution in [3.8, 4) is 0 Å². The number of amides is 1. The fraction of sp³-hybridized carbons (Fsp3) is 0.417. The van der Waals surface area contributed by atoms with E-state index in [2.05, 4.69) is 5.32 Å². The Morgan fingerprint density at radius 3 is 2.74 bits per heavy atom. The molecule has 6 nitrogen and oxygen atoms in total. The maximum Gasteiger partial charge on any atom is 0.285 e. The van der Waals surface area contributed by atoms with Crippen LogP contribution in [0.1, 0.15) is 36.5 Å². The van der Waals surface area contributed by atoms with Gasteiger partial charge in [0.2, 0.25) is 0 Å². The molecule has 0 radical (unpaired) electrons. The molecule has 1 aromatic carbocycles. The van der Waals surface area contributed by atoms with E-state index in [0.29, 0.717) is 12.6 Å². The number of nitro benzene ring substituents is 1. The van der Waals surface area contributed by atoms with E-state index in [0.717, 1.165) is 25.3 Å². The summed E-state index contributed by atoms with van der Waals surface area (Å²) in [6, 6.07) is 1.65. The van der Waals surface area contributed by atoms with Gasteiger partial charge in [-0.3, -0.25) is 14.9 Å². The van der Waals surface area contributed by atoms with Crippen molar-refractivity contribution in [2.24, 2.45) is 0 Å². The van der Waals surface area contributed by atoms with Gasteiger partial charge in [-0.1, -0.05) is 19.8 Å². The lowest BCUT2D eigenvalue weighted by Gasteiger charge is -2.06. The van der Waals surface area contributed by atoms with Gasteiger partial charge in [-0.2, -0.15) is 0 Å². The Morgan fingerprint density at radius 1 is 1.47 bits per heavy atom. The Balaban J connectivity index is 2.89. The normalized spacial score (nSPS) is 10.2. The largest absolute Gasteiger partial charge is 0.396 e. The number of nitro groups is 1. The van der Waals surface area contributed by atoms with E-state index < -0.39 is 22.3 Å². The lowest BCUT2D eigenvalue weighted by molar-refractivity contribution is -0.385. The third-order valence-corrected chi connectivity index (χ3v) is 2.62. The molecule has 3 N–H and O–H groups in total. The number of hydrogen-bond acceptors (Lipinski definition) is 4. The van der Waals surface area contributed by atoms with Gasteiger partial charge in [0.1, 0.15) is 5.56 Å². The van der Waals surface area contributed by atoms with Crippen LogP contribution in [-0.4, -0.2) is 17.4 Å². The van der Waals surface area contributed by atoms with Gasteiger partial charge in [-0.05, 0) is 12.5 Å². The molecule has 0 unspecified atom stereocenters. The summed E-state index contributed by atoms with van der Waals surface area (Å²) in [7, 11) is 0. The minimum absolute atomic E-state index is 0.222. The van der Waals surface area contributed by atoms with Gasteiger partial charge >= 0.3 is 0 Å². The molecule has 0 saturated heterocycles. The fourth-order valence-corrected chi connectivity index (χ4v) is 1.58. The third-order valence-electron chi connectivity index (χ3n) is 2.62. The van der Waals surface area contributed by atoms with Crippen LogP contribution in [-0.2, 0) is 0 Å². The van der Waals surface area contributed by atoms with Gasteiger partial charge in [-0.15, -0.1) is 0 Å². The molecule has 1 amide bonds. The Bertz CT molecular complexity index is 491. The highest BCUT2D eigenvalue weighted by Crippen LogP contribution is 2.24. The van der Waals surface area contributed by atoms with Crippen LogP contribution in [0.25, 0.3) is 0 Å². The number of nitrogen functional groups attached to an aromatic ring is 1. The average Bonchev–Trinajstić information content (AvgIpc) is 2.36. The number of nitrogens with two attached hydrogens (primary N) is 1. The number of anilines is 1. The van der Waals surface area contributed by atoms with Crippen LogP contribution in [0.3, 0.4) is 0 Å². The highest BCUT2D eigenvalue weighted by Gasteiger charge is 2.22. The quantitative estimate of drug-likeness (QED) is 0.358. The van der Waals surface area contributed by atoms with Gasteiger partial charge in [-0.25, -0.2) is 4.39 Å². The van der Waals surface area contributed by atoms with Crippen molar-refractivity contribution < 1.29 is 14.1 Å². The van der Waals surface area contributed by atoms with E-state index in [-0.39, 0.29) is 11.3 Å². The minimum Gasteiger partial charge on any atom is -0.396 e. The first-order valence-electron chi connectivity index (χ1n) is 5.99. The molecule has 0 aromatic heterocycles. The molecule has 0 saturated carbocycles. The Kier molecular flexibility index (Phi) is 5.23. The second-order valence-electron chi connectivity index (χ2n) is 4.11. The number of hydrogen-bond donors (Lipinski definition) is 2. The summed E-state index contributed by atoms with van der Waals surface area (Å²) in [5.41, 5.74) is 4.23. The predicted molar refractivity (Wildman–Crippen MR) is 69.3 cm³/mol. The summed E-state index contributed by atoms with van der Waals surface area (Å²) in [6.07, 6.45) is 2.74. The van der Waals surface area contributed by atoms with Gasteiger partial charge < -0.3 is 11.1 Å². The number of carbonyl (C=O) groups is 1. The van der Waals surface area contributed by atoms with E-state index in [9.17, 15) is 19.3 Å². The minimum atomic E-state index is -0.908. The highest BCUT2D eigenvalue weighted by atomic mass is 19.1. The van der Waals surface area contributed by atoms with Crippen molar-refractivity contribution in [3.63, 3.8) is 0 Å². The Morgan fingerprint density at radius 2 is 2.16 bits per heavy atom. The van der Waals surface area contributed by atoms with Crippen LogP contribution in [0, 0.1) is 15.9 Å². The van der Waals surface area contributed by atoms with E-state index in [1.54, 1.807) is 0 Å². The summed E-state index contributed by atoms with van der Waals surface area (Å²) in [5, 5.41) is 13.3. The van der Waals surface area contributed by atoms with Crippen molar-refractivity contribution in [1.82, 2.24) is 5.32 Å². The zero-order valence-electron chi connectivity index (χ0n) is 10.6.